The summed E-state index contributed by atoms with van der Waals surface area (Å²) < 4.78 is 4.81. The number of piperazine rings is 1. The van der Waals surface area contributed by atoms with Crippen LogP contribution in [0.1, 0.15) is 20.3 Å². The average Bonchev–Trinajstić information content (AvgIpc) is 2.28. The standard InChI is InChI=1S/C12H22N2O3/c1-10(2)8-11(15)13-4-6-14(7-5-13)12(16)9-17-3/h10H,4-9H2,1-3H3. The molecule has 1 heterocycles. The normalized spacial score (nSPS) is 16.5. The molecule has 1 aliphatic rings. The van der Waals surface area contributed by atoms with Crippen LogP contribution in [0.3, 0.4) is 0 Å². The summed E-state index contributed by atoms with van der Waals surface area (Å²) in [5.74, 6) is 0.581. The van der Waals surface area contributed by atoms with Crippen molar-refractivity contribution in [3.8, 4) is 0 Å². The molecule has 2 amide bonds. The highest BCUT2D eigenvalue weighted by atomic mass is 16.5. The molecule has 0 bridgehead atoms. The van der Waals surface area contributed by atoms with Gasteiger partial charge in [0, 0.05) is 39.7 Å². The first-order valence-electron chi connectivity index (χ1n) is 6.09. The van der Waals surface area contributed by atoms with Gasteiger partial charge in [-0.15, -0.1) is 0 Å². The number of carbonyl (C=O) groups excluding carboxylic acids is 2. The van der Waals surface area contributed by atoms with E-state index in [1.165, 1.54) is 7.11 Å². The van der Waals surface area contributed by atoms with E-state index in [0.29, 0.717) is 38.5 Å². The van der Waals surface area contributed by atoms with Gasteiger partial charge in [-0.3, -0.25) is 9.59 Å². The second-order valence-corrected chi connectivity index (χ2v) is 4.79. The summed E-state index contributed by atoms with van der Waals surface area (Å²) in [6.07, 6.45) is 0.589. The number of methoxy groups -OCH3 is 1. The molecule has 0 N–H and O–H groups in total. The molecule has 0 aromatic carbocycles. The molecule has 0 saturated carbocycles. The smallest absolute Gasteiger partial charge is 0.248 e. The fourth-order valence-corrected chi connectivity index (χ4v) is 1.90. The minimum atomic E-state index is 0.00320. The molecule has 1 saturated heterocycles. The molecule has 0 spiro atoms. The Morgan fingerprint density at radius 1 is 1.06 bits per heavy atom. The average molecular weight is 242 g/mol. The van der Waals surface area contributed by atoms with Crippen molar-refractivity contribution in [1.29, 1.82) is 0 Å². The maximum absolute atomic E-state index is 11.8. The lowest BCUT2D eigenvalue weighted by Crippen LogP contribution is -2.51. The second-order valence-electron chi connectivity index (χ2n) is 4.79. The van der Waals surface area contributed by atoms with Gasteiger partial charge in [0.05, 0.1) is 0 Å². The van der Waals surface area contributed by atoms with Crippen LogP contribution in [0.2, 0.25) is 0 Å². The third-order valence-corrected chi connectivity index (χ3v) is 2.84. The number of nitrogens with zero attached hydrogens (tertiary/aromatic N) is 2. The molecule has 0 aliphatic carbocycles. The van der Waals surface area contributed by atoms with Crippen molar-refractivity contribution in [3.05, 3.63) is 0 Å². The Morgan fingerprint density at radius 2 is 1.53 bits per heavy atom. The van der Waals surface area contributed by atoms with Crippen LogP contribution < -0.4 is 0 Å². The van der Waals surface area contributed by atoms with Gasteiger partial charge in [0.25, 0.3) is 0 Å². The van der Waals surface area contributed by atoms with E-state index < -0.39 is 0 Å². The Bertz CT molecular complexity index is 271. The lowest BCUT2D eigenvalue weighted by atomic mass is 10.1. The molecule has 1 rings (SSSR count). The van der Waals surface area contributed by atoms with E-state index in [1.54, 1.807) is 4.90 Å². The molecular weight excluding hydrogens is 220 g/mol. The molecule has 0 radical (unpaired) electrons. The van der Waals surface area contributed by atoms with Crippen molar-refractivity contribution in [1.82, 2.24) is 9.80 Å². The molecule has 0 unspecified atom stereocenters. The van der Waals surface area contributed by atoms with E-state index in [0.717, 1.165) is 0 Å². The summed E-state index contributed by atoms with van der Waals surface area (Å²) in [4.78, 5) is 27.0. The van der Waals surface area contributed by atoms with Crippen molar-refractivity contribution < 1.29 is 14.3 Å². The van der Waals surface area contributed by atoms with Gasteiger partial charge in [-0.05, 0) is 5.92 Å². The predicted molar refractivity (Wildman–Crippen MR) is 64.5 cm³/mol. The highest BCUT2D eigenvalue weighted by Crippen LogP contribution is 2.08. The summed E-state index contributed by atoms with van der Waals surface area (Å²) in [6.45, 7) is 6.71. The minimum absolute atomic E-state index is 0.00320. The predicted octanol–water partition coefficient (Wildman–Crippen LogP) is 0.350. The second kappa shape index (κ2) is 6.59. The van der Waals surface area contributed by atoms with Crippen LogP contribution in [-0.4, -0.2) is 61.5 Å². The summed E-state index contributed by atoms with van der Waals surface area (Å²) >= 11 is 0. The highest BCUT2D eigenvalue weighted by molar-refractivity contribution is 5.79. The maximum atomic E-state index is 11.8. The zero-order valence-corrected chi connectivity index (χ0v) is 10.9. The quantitative estimate of drug-likeness (QED) is 0.715. The van der Waals surface area contributed by atoms with E-state index in [1.807, 2.05) is 18.7 Å². The Morgan fingerprint density at radius 3 is 1.94 bits per heavy atom. The highest BCUT2D eigenvalue weighted by Gasteiger charge is 2.23. The molecule has 0 aromatic rings. The first-order valence-corrected chi connectivity index (χ1v) is 6.09. The van der Waals surface area contributed by atoms with Crippen LogP contribution in [0.5, 0.6) is 0 Å². The molecule has 0 aromatic heterocycles. The molecular formula is C12H22N2O3. The van der Waals surface area contributed by atoms with Gasteiger partial charge >= 0.3 is 0 Å². The summed E-state index contributed by atoms with van der Waals surface area (Å²) in [7, 11) is 1.51. The van der Waals surface area contributed by atoms with Gasteiger partial charge in [-0.1, -0.05) is 13.8 Å². The molecule has 5 heteroatoms. The molecule has 5 nitrogen and oxygen atoms in total. The van der Waals surface area contributed by atoms with Crippen LogP contribution in [0, 0.1) is 5.92 Å². The number of hydrogen-bond acceptors (Lipinski definition) is 3. The number of ether oxygens (including phenoxy) is 1. The zero-order chi connectivity index (χ0) is 12.8. The zero-order valence-electron chi connectivity index (χ0n) is 10.9. The number of hydrogen-bond donors (Lipinski definition) is 0. The molecule has 17 heavy (non-hydrogen) atoms. The molecule has 1 fully saturated rings. The van der Waals surface area contributed by atoms with Gasteiger partial charge < -0.3 is 14.5 Å². The van der Waals surface area contributed by atoms with Gasteiger partial charge in [0.15, 0.2) is 0 Å². The number of carbonyl (C=O) groups is 2. The van der Waals surface area contributed by atoms with Crippen molar-refractivity contribution in [2.24, 2.45) is 5.92 Å². The third-order valence-electron chi connectivity index (χ3n) is 2.84. The van der Waals surface area contributed by atoms with E-state index in [2.05, 4.69) is 0 Å². The number of rotatable bonds is 4. The van der Waals surface area contributed by atoms with Crippen molar-refractivity contribution >= 4 is 11.8 Å². The third kappa shape index (κ3) is 4.34. The Balaban J connectivity index is 2.35. The van der Waals surface area contributed by atoms with Gasteiger partial charge in [-0.25, -0.2) is 0 Å². The molecule has 0 atom stereocenters. The van der Waals surface area contributed by atoms with E-state index in [9.17, 15) is 9.59 Å². The minimum Gasteiger partial charge on any atom is -0.375 e. The van der Waals surface area contributed by atoms with Crippen LogP contribution in [-0.2, 0) is 14.3 Å². The van der Waals surface area contributed by atoms with Gasteiger partial charge in [0.1, 0.15) is 6.61 Å². The van der Waals surface area contributed by atoms with Gasteiger partial charge in [0.2, 0.25) is 11.8 Å². The summed E-state index contributed by atoms with van der Waals surface area (Å²) in [6, 6.07) is 0. The summed E-state index contributed by atoms with van der Waals surface area (Å²) in [5.41, 5.74) is 0. The number of amides is 2. The monoisotopic (exact) mass is 242 g/mol. The maximum Gasteiger partial charge on any atom is 0.248 e. The SMILES string of the molecule is COCC(=O)N1CCN(C(=O)CC(C)C)CC1. The van der Waals surface area contributed by atoms with Crippen molar-refractivity contribution in [3.63, 3.8) is 0 Å². The molecule has 98 valence electrons. The first kappa shape index (κ1) is 14.0. The lowest BCUT2D eigenvalue weighted by Gasteiger charge is -2.35. The fourth-order valence-electron chi connectivity index (χ4n) is 1.90. The Hall–Kier alpha value is -1.10. The van der Waals surface area contributed by atoms with E-state index in [4.69, 9.17) is 4.74 Å². The van der Waals surface area contributed by atoms with Crippen LogP contribution >= 0.6 is 0 Å². The summed E-state index contributed by atoms with van der Waals surface area (Å²) in [5, 5.41) is 0. The lowest BCUT2D eigenvalue weighted by molar-refractivity contribution is -0.142. The Kier molecular flexibility index (Phi) is 5.41. The van der Waals surface area contributed by atoms with E-state index >= 15 is 0 Å². The Labute approximate surface area is 103 Å². The molecule has 1 aliphatic heterocycles. The van der Waals surface area contributed by atoms with Crippen molar-refractivity contribution in [2.75, 3.05) is 39.9 Å². The largest absolute Gasteiger partial charge is 0.375 e. The van der Waals surface area contributed by atoms with Crippen LogP contribution in [0.4, 0.5) is 0 Å². The van der Waals surface area contributed by atoms with Crippen LogP contribution in [0.25, 0.3) is 0 Å². The van der Waals surface area contributed by atoms with Crippen molar-refractivity contribution in [2.45, 2.75) is 20.3 Å². The first-order chi connectivity index (χ1) is 8.04. The fraction of sp³-hybridized carbons (Fsp3) is 0.833. The van der Waals surface area contributed by atoms with Gasteiger partial charge in [-0.2, -0.15) is 0 Å². The van der Waals surface area contributed by atoms with E-state index in [-0.39, 0.29) is 18.4 Å². The van der Waals surface area contributed by atoms with Crippen LogP contribution in [0.15, 0.2) is 0 Å². The topological polar surface area (TPSA) is 49.9 Å².